The lowest BCUT2D eigenvalue weighted by atomic mass is 10.3. The third kappa shape index (κ3) is 3.32. The monoisotopic (exact) mass is 354 g/mol. The lowest BCUT2D eigenvalue weighted by Crippen LogP contribution is -2.19. The third-order valence-electron chi connectivity index (χ3n) is 2.62. The fraction of sp³-hybridized carbons (Fsp3) is 0. The molecule has 1 aromatic carbocycles. The first-order valence-electron chi connectivity index (χ1n) is 5.90. The molecule has 2 aromatic rings. The highest BCUT2D eigenvalue weighted by Crippen LogP contribution is 2.34. The molecule has 0 saturated carbocycles. The molecule has 1 fully saturated rings. The number of aliphatic imine (C=N–C) groups is 1. The summed E-state index contributed by atoms with van der Waals surface area (Å²) in [6.07, 6.45) is 1.84. The first-order valence-corrected chi connectivity index (χ1v) is 8.36. The van der Waals surface area contributed by atoms with Gasteiger partial charge in [-0.05, 0) is 41.4 Å². The topological polar surface area (TPSA) is 41.5 Å². The van der Waals surface area contributed by atoms with Crippen molar-refractivity contribution >= 4 is 69.1 Å². The van der Waals surface area contributed by atoms with Gasteiger partial charge in [0.15, 0.2) is 5.17 Å². The van der Waals surface area contributed by atoms with E-state index in [1.807, 2.05) is 23.6 Å². The van der Waals surface area contributed by atoms with Gasteiger partial charge in [-0.15, -0.1) is 11.3 Å². The van der Waals surface area contributed by atoms with Crippen LogP contribution >= 0.6 is 46.3 Å². The van der Waals surface area contributed by atoms with E-state index in [4.69, 9.17) is 23.2 Å². The van der Waals surface area contributed by atoms with Crippen LogP contribution in [0.5, 0.6) is 0 Å². The minimum atomic E-state index is -0.162. The van der Waals surface area contributed by atoms with Gasteiger partial charge in [-0.3, -0.25) is 4.79 Å². The van der Waals surface area contributed by atoms with E-state index in [1.54, 1.807) is 29.5 Å². The Morgan fingerprint density at radius 2 is 2.05 bits per heavy atom. The number of amidine groups is 1. The smallest absolute Gasteiger partial charge is 0.264 e. The summed E-state index contributed by atoms with van der Waals surface area (Å²) in [6.45, 7) is 0. The second-order valence-electron chi connectivity index (χ2n) is 4.07. The van der Waals surface area contributed by atoms with Crippen LogP contribution in [0, 0.1) is 0 Å². The van der Waals surface area contributed by atoms with Crippen LogP contribution in [0.25, 0.3) is 6.08 Å². The highest BCUT2D eigenvalue weighted by atomic mass is 35.5. The Kier molecular flexibility index (Phi) is 4.35. The van der Waals surface area contributed by atoms with Gasteiger partial charge in [0, 0.05) is 4.88 Å². The van der Waals surface area contributed by atoms with Crippen LogP contribution in [0.4, 0.5) is 5.69 Å². The number of nitrogens with one attached hydrogen (secondary N) is 1. The molecule has 0 bridgehead atoms. The van der Waals surface area contributed by atoms with Crippen molar-refractivity contribution < 1.29 is 4.79 Å². The summed E-state index contributed by atoms with van der Waals surface area (Å²) >= 11 is 14.9. The van der Waals surface area contributed by atoms with Gasteiger partial charge in [0.05, 0.1) is 20.6 Å². The Morgan fingerprint density at radius 1 is 1.19 bits per heavy atom. The minimum Gasteiger partial charge on any atom is -0.300 e. The second-order valence-corrected chi connectivity index (χ2v) is 6.87. The van der Waals surface area contributed by atoms with Crippen molar-refractivity contribution in [2.45, 2.75) is 0 Å². The molecule has 0 atom stereocenters. The number of rotatable bonds is 2. The molecule has 1 aliphatic heterocycles. The van der Waals surface area contributed by atoms with Crippen molar-refractivity contribution in [1.82, 2.24) is 5.32 Å². The number of hydrogen-bond acceptors (Lipinski definition) is 4. The summed E-state index contributed by atoms with van der Waals surface area (Å²) in [6, 6.07) is 9.09. The fourth-order valence-electron chi connectivity index (χ4n) is 1.67. The molecule has 1 aromatic heterocycles. The highest BCUT2D eigenvalue weighted by molar-refractivity contribution is 8.18. The van der Waals surface area contributed by atoms with Gasteiger partial charge in [-0.25, -0.2) is 4.99 Å². The van der Waals surface area contributed by atoms with Crippen LogP contribution in [0.15, 0.2) is 45.6 Å². The number of carbonyl (C=O) groups excluding carboxylic acids is 1. The number of benzene rings is 1. The molecule has 3 nitrogen and oxygen atoms in total. The number of halogens is 2. The van der Waals surface area contributed by atoms with Gasteiger partial charge in [-0.2, -0.15) is 0 Å². The molecule has 0 aliphatic carbocycles. The predicted octanol–water partition coefficient (Wildman–Crippen LogP) is 4.95. The van der Waals surface area contributed by atoms with Gasteiger partial charge >= 0.3 is 0 Å². The van der Waals surface area contributed by atoms with Crippen LogP contribution in [0.2, 0.25) is 10.0 Å². The first-order chi connectivity index (χ1) is 10.1. The average molecular weight is 355 g/mol. The zero-order valence-electron chi connectivity index (χ0n) is 10.5. The Balaban J connectivity index is 1.87. The van der Waals surface area contributed by atoms with E-state index in [0.717, 1.165) is 4.88 Å². The number of amides is 1. The SMILES string of the molecule is O=C1NC(=Nc2cccc(Cl)c2Cl)SC1=Cc1cccs1. The molecule has 0 spiro atoms. The van der Waals surface area contributed by atoms with E-state index >= 15 is 0 Å². The van der Waals surface area contributed by atoms with Crippen molar-refractivity contribution in [3.8, 4) is 0 Å². The number of hydrogen-bond donors (Lipinski definition) is 1. The van der Waals surface area contributed by atoms with Crippen molar-refractivity contribution in [2.75, 3.05) is 0 Å². The van der Waals surface area contributed by atoms with Gasteiger partial charge in [0.1, 0.15) is 0 Å². The van der Waals surface area contributed by atoms with Crippen molar-refractivity contribution in [1.29, 1.82) is 0 Å². The highest BCUT2D eigenvalue weighted by Gasteiger charge is 2.24. The van der Waals surface area contributed by atoms with Gasteiger partial charge in [0.25, 0.3) is 5.91 Å². The van der Waals surface area contributed by atoms with Crippen molar-refractivity contribution in [3.05, 3.63) is 55.5 Å². The lowest BCUT2D eigenvalue weighted by molar-refractivity contribution is -0.115. The fourth-order valence-corrected chi connectivity index (χ4v) is 3.57. The van der Waals surface area contributed by atoms with E-state index < -0.39 is 0 Å². The number of nitrogens with zero attached hydrogens (tertiary/aromatic N) is 1. The number of carbonyl (C=O) groups is 1. The van der Waals surface area contributed by atoms with Crippen molar-refractivity contribution in [3.63, 3.8) is 0 Å². The molecule has 1 N–H and O–H groups in total. The normalized spacial score (nSPS) is 18.5. The summed E-state index contributed by atoms with van der Waals surface area (Å²) in [5.74, 6) is -0.162. The van der Waals surface area contributed by atoms with Gasteiger partial charge in [0.2, 0.25) is 0 Å². The molecule has 21 heavy (non-hydrogen) atoms. The molecule has 1 amide bonds. The molecule has 3 rings (SSSR count). The molecule has 1 saturated heterocycles. The first kappa shape index (κ1) is 14.7. The largest absolute Gasteiger partial charge is 0.300 e. The van der Waals surface area contributed by atoms with Crippen molar-refractivity contribution in [2.24, 2.45) is 4.99 Å². The van der Waals surface area contributed by atoms with E-state index in [1.165, 1.54) is 11.8 Å². The summed E-state index contributed by atoms with van der Waals surface area (Å²) in [7, 11) is 0. The number of thioether (sulfide) groups is 1. The van der Waals surface area contributed by atoms with Crippen LogP contribution in [0.3, 0.4) is 0 Å². The molecule has 0 radical (unpaired) electrons. The summed E-state index contributed by atoms with van der Waals surface area (Å²) in [4.78, 5) is 17.9. The van der Waals surface area contributed by atoms with E-state index in [9.17, 15) is 4.79 Å². The van der Waals surface area contributed by atoms with E-state index in [2.05, 4.69) is 10.3 Å². The van der Waals surface area contributed by atoms with E-state index in [0.29, 0.717) is 25.8 Å². The van der Waals surface area contributed by atoms with Crippen LogP contribution in [0.1, 0.15) is 4.88 Å². The number of thiophene rings is 1. The van der Waals surface area contributed by atoms with Crippen LogP contribution in [-0.2, 0) is 4.79 Å². The molecule has 106 valence electrons. The standard InChI is InChI=1S/C14H8Cl2N2OS2/c15-9-4-1-5-10(12(9)16)17-14-18-13(19)11(21-14)7-8-3-2-6-20-8/h1-7H,(H,17,18,19). The zero-order chi connectivity index (χ0) is 14.8. The Labute approximate surface area is 139 Å². The quantitative estimate of drug-likeness (QED) is 0.775. The Bertz CT molecular complexity index is 754. The third-order valence-corrected chi connectivity index (χ3v) is 5.16. The maximum atomic E-state index is 11.9. The van der Waals surface area contributed by atoms with Crippen LogP contribution < -0.4 is 5.32 Å². The zero-order valence-corrected chi connectivity index (χ0v) is 13.6. The van der Waals surface area contributed by atoms with Crippen LogP contribution in [-0.4, -0.2) is 11.1 Å². The Morgan fingerprint density at radius 3 is 2.81 bits per heavy atom. The molecule has 0 unspecified atom stereocenters. The summed E-state index contributed by atoms with van der Waals surface area (Å²) in [5.41, 5.74) is 0.532. The summed E-state index contributed by atoms with van der Waals surface area (Å²) < 4.78 is 0. The molecule has 1 aliphatic rings. The molecule has 2 heterocycles. The molecular weight excluding hydrogens is 347 g/mol. The average Bonchev–Trinajstić information content (AvgIpc) is 3.07. The molecular formula is C14H8Cl2N2OS2. The Hall–Kier alpha value is -1.27. The predicted molar refractivity (Wildman–Crippen MR) is 91.6 cm³/mol. The molecule has 7 heteroatoms. The van der Waals surface area contributed by atoms with Gasteiger partial charge < -0.3 is 5.32 Å². The maximum Gasteiger partial charge on any atom is 0.264 e. The summed E-state index contributed by atoms with van der Waals surface area (Å²) in [5, 5.41) is 5.98. The second kappa shape index (κ2) is 6.23. The maximum absolute atomic E-state index is 11.9. The minimum absolute atomic E-state index is 0.162. The van der Waals surface area contributed by atoms with Gasteiger partial charge in [-0.1, -0.05) is 35.3 Å². The lowest BCUT2D eigenvalue weighted by Gasteiger charge is -2.00. The van der Waals surface area contributed by atoms with E-state index in [-0.39, 0.29) is 5.91 Å².